The summed E-state index contributed by atoms with van der Waals surface area (Å²) in [5, 5.41) is 3.46. The summed E-state index contributed by atoms with van der Waals surface area (Å²) >= 11 is 0. The van der Waals surface area contributed by atoms with Gasteiger partial charge in [-0.25, -0.2) is 4.98 Å². The molecule has 5 heteroatoms. The Morgan fingerprint density at radius 1 is 1.26 bits per heavy atom. The third-order valence-electron chi connectivity index (χ3n) is 4.60. The van der Waals surface area contributed by atoms with Gasteiger partial charge in [0.05, 0.1) is 0 Å². The quantitative estimate of drug-likeness (QED) is 0.285. The molecule has 146 valence electrons. The molecule has 0 saturated heterocycles. The maximum atomic E-state index is 4.52. The number of nitrogens with zero attached hydrogens (tertiary/aromatic N) is 4. The first-order valence-electron chi connectivity index (χ1n) is 9.81. The van der Waals surface area contributed by atoms with E-state index in [2.05, 4.69) is 62.7 Å². The van der Waals surface area contributed by atoms with Crippen LogP contribution in [-0.2, 0) is 13.0 Å². The van der Waals surface area contributed by atoms with Crippen LogP contribution < -0.4 is 5.32 Å². The number of hydrogen-bond donors (Lipinski definition) is 1. The lowest BCUT2D eigenvalue weighted by molar-refractivity contribution is 0.455. The third-order valence-corrected chi connectivity index (χ3v) is 4.60. The summed E-state index contributed by atoms with van der Waals surface area (Å²) in [5.74, 6) is 2.04. The van der Waals surface area contributed by atoms with Crippen LogP contribution in [0, 0.1) is 0 Å². The summed E-state index contributed by atoms with van der Waals surface area (Å²) in [6.07, 6.45) is 11.5. The molecule has 0 saturated carbocycles. The molecule has 1 aromatic heterocycles. The highest BCUT2D eigenvalue weighted by Gasteiger charge is 2.07. The van der Waals surface area contributed by atoms with Gasteiger partial charge in [-0.2, -0.15) is 0 Å². The largest absolute Gasteiger partial charge is 0.356 e. The highest BCUT2D eigenvalue weighted by Crippen LogP contribution is 2.06. The van der Waals surface area contributed by atoms with Crippen molar-refractivity contribution in [3.63, 3.8) is 0 Å². The molecular weight excluding hydrogens is 334 g/mol. The number of benzene rings is 1. The third kappa shape index (κ3) is 7.29. The Bertz CT molecular complexity index is 690. The van der Waals surface area contributed by atoms with Gasteiger partial charge in [0, 0.05) is 52.5 Å². The summed E-state index contributed by atoms with van der Waals surface area (Å²) in [6.45, 7) is 6.46. The minimum Gasteiger partial charge on any atom is -0.356 e. The van der Waals surface area contributed by atoms with E-state index in [1.165, 1.54) is 24.8 Å². The SMILES string of the molecule is C=CCCCCCN(C)C(=NC)NCCc1nccn1Cc1ccccc1. The summed E-state index contributed by atoms with van der Waals surface area (Å²) in [5.41, 5.74) is 1.29. The van der Waals surface area contributed by atoms with Crippen molar-refractivity contribution in [2.45, 2.75) is 38.6 Å². The van der Waals surface area contributed by atoms with Crippen LogP contribution in [0.1, 0.15) is 37.1 Å². The maximum absolute atomic E-state index is 4.52. The van der Waals surface area contributed by atoms with Gasteiger partial charge in [-0.15, -0.1) is 6.58 Å². The maximum Gasteiger partial charge on any atom is 0.193 e. The molecular formula is C22H33N5. The van der Waals surface area contributed by atoms with Gasteiger partial charge < -0.3 is 14.8 Å². The Balaban J connectivity index is 1.76. The molecule has 0 unspecified atom stereocenters. The number of aliphatic imine (C=N–C) groups is 1. The number of hydrogen-bond acceptors (Lipinski definition) is 2. The van der Waals surface area contributed by atoms with E-state index < -0.39 is 0 Å². The van der Waals surface area contributed by atoms with Gasteiger partial charge in [-0.1, -0.05) is 42.8 Å². The summed E-state index contributed by atoms with van der Waals surface area (Å²) in [6, 6.07) is 10.5. The molecule has 0 fully saturated rings. The smallest absolute Gasteiger partial charge is 0.193 e. The molecule has 27 heavy (non-hydrogen) atoms. The predicted octanol–water partition coefficient (Wildman–Crippen LogP) is 3.73. The van der Waals surface area contributed by atoms with Crippen molar-refractivity contribution in [2.24, 2.45) is 4.99 Å². The number of nitrogens with one attached hydrogen (secondary N) is 1. The molecule has 0 aliphatic carbocycles. The zero-order valence-corrected chi connectivity index (χ0v) is 16.8. The molecule has 1 N–H and O–H groups in total. The topological polar surface area (TPSA) is 45.4 Å². The van der Waals surface area contributed by atoms with Crippen LogP contribution in [-0.4, -0.2) is 47.6 Å². The van der Waals surface area contributed by atoms with Crippen LogP contribution in [0.2, 0.25) is 0 Å². The van der Waals surface area contributed by atoms with Gasteiger partial charge in [0.25, 0.3) is 0 Å². The van der Waals surface area contributed by atoms with Crippen molar-refractivity contribution >= 4 is 5.96 Å². The summed E-state index contributed by atoms with van der Waals surface area (Å²) in [4.78, 5) is 11.1. The molecule has 2 rings (SSSR count). The Morgan fingerprint density at radius 3 is 2.81 bits per heavy atom. The summed E-state index contributed by atoms with van der Waals surface area (Å²) < 4.78 is 2.21. The van der Waals surface area contributed by atoms with Crippen molar-refractivity contribution in [1.82, 2.24) is 19.8 Å². The Hall–Kier alpha value is -2.56. The van der Waals surface area contributed by atoms with E-state index in [0.717, 1.165) is 44.3 Å². The highest BCUT2D eigenvalue weighted by atomic mass is 15.3. The van der Waals surface area contributed by atoms with Gasteiger partial charge in [-0.05, 0) is 24.8 Å². The standard InChI is InChI=1S/C22H33N5/c1-4-5-6-7-11-17-26(3)22(23-2)25-15-14-21-24-16-18-27(21)19-20-12-9-8-10-13-20/h4,8-10,12-13,16,18H,1,5-7,11,14-15,17,19H2,2-3H3,(H,23,25). The summed E-state index contributed by atoms with van der Waals surface area (Å²) in [7, 11) is 3.94. The van der Waals surface area contributed by atoms with E-state index in [1.54, 1.807) is 0 Å². The van der Waals surface area contributed by atoms with Crippen molar-refractivity contribution in [3.05, 3.63) is 66.8 Å². The van der Waals surface area contributed by atoms with Gasteiger partial charge in [0.1, 0.15) is 5.82 Å². The van der Waals surface area contributed by atoms with Crippen LogP contribution in [0.25, 0.3) is 0 Å². The van der Waals surface area contributed by atoms with Crippen LogP contribution >= 0.6 is 0 Å². The lowest BCUT2D eigenvalue weighted by atomic mass is 10.2. The Labute approximate surface area is 163 Å². The number of aromatic nitrogens is 2. The second-order valence-electron chi connectivity index (χ2n) is 6.74. The molecule has 0 spiro atoms. The normalized spacial score (nSPS) is 11.4. The molecule has 0 aliphatic heterocycles. The van der Waals surface area contributed by atoms with Gasteiger partial charge in [0.15, 0.2) is 5.96 Å². The molecule has 2 aromatic rings. The van der Waals surface area contributed by atoms with Gasteiger partial charge in [0.2, 0.25) is 0 Å². The van der Waals surface area contributed by atoms with Crippen LogP contribution in [0.3, 0.4) is 0 Å². The van der Waals surface area contributed by atoms with Crippen molar-refractivity contribution in [1.29, 1.82) is 0 Å². The number of allylic oxidation sites excluding steroid dienone is 1. The van der Waals surface area contributed by atoms with E-state index in [-0.39, 0.29) is 0 Å². The second kappa shape index (κ2) is 11.9. The van der Waals surface area contributed by atoms with Crippen LogP contribution in [0.5, 0.6) is 0 Å². The van der Waals surface area contributed by atoms with Crippen LogP contribution in [0.15, 0.2) is 60.4 Å². The van der Waals surface area contributed by atoms with E-state index >= 15 is 0 Å². The van der Waals surface area contributed by atoms with Crippen molar-refractivity contribution in [3.8, 4) is 0 Å². The number of rotatable bonds is 11. The first-order chi connectivity index (χ1) is 13.2. The monoisotopic (exact) mass is 367 g/mol. The molecule has 5 nitrogen and oxygen atoms in total. The number of imidazole rings is 1. The molecule has 1 heterocycles. The number of unbranched alkanes of at least 4 members (excludes halogenated alkanes) is 3. The van der Waals surface area contributed by atoms with Crippen LogP contribution in [0.4, 0.5) is 0 Å². The lowest BCUT2D eigenvalue weighted by Crippen LogP contribution is -2.40. The molecule has 1 aromatic carbocycles. The zero-order chi connectivity index (χ0) is 19.3. The van der Waals surface area contributed by atoms with Gasteiger partial charge >= 0.3 is 0 Å². The first-order valence-corrected chi connectivity index (χ1v) is 9.81. The minimum atomic E-state index is 0.819. The minimum absolute atomic E-state index is 0.819. The zero-order valence-electron chi connectivity index (χ0n) is 16.8. The van der Waals surface area contributed by atoms with Gasteiger partial charge in [-0.3, -0.25) is 4.99 Å². The fourth-order valence-corrected chi connectivity index (χ4v) is 3.08. The van der Waals surface area contributed by atoms with Crippen molar-refractivity contribution in [2.75, 3.05) is 27.2 Å². The first kappa shape index (κ1) is 20.7. The lowest BCUT2D eigenvalue weighted by Gasteiger charge is -2.22. The number of guanidine groups is 1. The average Bonchev–Trinajstić information content (AvgIpc) is 3.12. The molecule has 0 amide bonds. The molecule has 0 bridgehead atoms. The Morgan fingerprint density at radius 2 is 2.07 bits per heavy atom. The molecule has 0 radical (unpaired) electrons. The fourth-order valence-electron chi connectivity index (χ4n) is 3.08. The Kier molecular flexibility index (Phi) is 9.18. The molecule has 0 aliphatic rings. The van der Waals surface area contributed by atoms with Crippen molar-refractivity contribution < 1.29 is 0 Å². The highest BCUT2D eigenvalue weighted by molar-refractivity contribution is 5.79. The average molecular weight is 368 g/mol. The molecule has 0 atom stereocenters. The van der Waals surface area contributed by atoms with E-state index in [9.17, 15) is 0 Å². The fraction of sp³-hybridized carbons (Fsp3) is 0.455. The van der Waals surface area contributed by atoms with E-state index in [4.69, 9.17) is 0 Å². The van der Waals surface area contributed by atoms with E-state index in [0.29, 0.717) is 0 Å². The second-order valence-corrected chi connectivity index (χ2v) is 6.74. The van der Waals surface area contributed by atoms with E-state index in [1.807, 2.05) is 31.6 Å². The predicted molar refractivity (Wildman–Crippen MR) is 114 cm³/mol.